The first kappa shape index (κ1) is 9.93. The third kappa shape index (κ3) is 2.69. The first-order valence-corrected chi connectivity index (χ1v) is 5.74. The number of nitrogens with one attached hydrogen (secondary N) is 2. The smallest absolute Gasteiger partial charge is 0.127 e. The normalized spacial score (nSPS) is 21.9. The van der Waals surface area contributed by atoms with Gasteiger partial charge >= 0.3 is 0 Å². The zero-order chi connectivity index (χ0) is 9.80. The van der Waals surface area contributed by atoms with Gasteiger partial charge in [-0.2, -0.15) is 0 Å². The molecule has 0 radical (unpaired) electrons. The van der Waals surface area contributed by atoms with Crippen molar-refractivity contribution in [3.8, 4) is 0 Å². The van der Waals surface area contributed by atoms with Crippen LogP contribution in [0.25, 0.3) is 0 Å². The van der Waals surface area contributed by atoms with E-state index in [9.17, 15) is 0 Å². The zero-order valence-corrected chi connectivity index (χ0v) is 9.55. The fourth-order valence-corrected chi connectivity index (χ4v) is 2.02. The van der Waals surface area contributed by atoms with Gasteiger partial charge in [-0.25, -0.2) is 4.98 Å². The Kier molecular flexibility index (Phi) is 3.37. The van der Waals surface area contributed by atoms with Gasteiger partial charge in [-0.1, -0.05) is 6.07 Å². The van der Waals surface area contributed by atoms with Crippen molar-refractivity contribution in [1.29, 1.82) is 0 Å². The molecular weight excluding hydrogens is 242 g/mol. The van der Waals surface area contributed by atoms with Crippen molar-refractivity contribution >= 4 is 21.7 Å². The summed E-state index contributed by atoms with van der Waals surface area (Å²) in [7, 11) is 0. The van der Waals surface area contributed by atoms with Gasteiger partial charge in [-0.3, -0.25) is 0 Å². The van der Waals surface area contributed by atoms with Crippen LogP contribution in [0.3, 0.4) is 0 Å². The highest BCUT2D eigenvalue weighted by Gasteiger charge is 2.12. The number of pyridine rings is 1. The van der Waals surface area contributed by atoms with Gasteiger partial charge in [0.05, 0.1) is 0 Å². The molecule has 0 aliphatic carbocycles. The van der Waals surface area contributed by atoms with Crippen molar-refractivity contribution in [2.45, 2.75) is 18.9 Å². The Labute approximate surface area is 92.4 Å². The zero-order valence-electron chi connectivity index (χ0n) is 7.96. The fourth-order valence-electron chi connectivity index (χ4n) is 1.67. The lowest BCUT2D eigenvalue weighted by molar-refractivity contribution is 0.479. The van der Waals surface area contributed by atoms with E-state index in [1.54, 1.807) is 0 Å². The summed E-state index contributed by atoms with van der Waals surface area (Å²) in [5, 5.41) is 6.79. The highest BCUT2D eigenvalue weighted by molar-refractivity contribution is 9.10. The molecule has 1 fully saturated rings. The molecule has 1 aromatic rings. The van der Waals surface area contributed by atoms with Crippen LogP contribution in [0, 0.1) is 0 Å². The Morgan fingerprint density at radius 1 is 1.50 bits per heavy atom. The van der Waals surface area contributed by atoms with Gasteiger partial charge in [-0.15, -0.1) is 0 Å². The fraction of sp³-hybridized carbons (Fsp3) is 0.500. The van der Waals surface area contributed by atoms with Crippen LogP contribution in [0.4, 0.5) is 5.82 Å². The summed E-state index contributed by atoms with van der Waals surface area (Å²) in [6.07, 6.45) is 2.47. The van der Waals surface area contributed by atoms with Crippen LogP contribution in [-0.2, 0) is 0 Å². The molecular formula is C10H14BrN3. The maximum atomic E-state index is 4.35. The molecule has 0 spiro atoms. The summed E-state index contributed by atoms with van der Waals surface area (Å²) in [5.41, 5.74) is 0. The molecule has 1 atom stereocenters. The van der Waals surface area contributed by atoms with Crippen molar-refractivity contribution in [3.05, 3.63) is 22.8 Å². The number of piperidine rings is 1. The minimum absolute atomic E-state index is 0.519. The second-order valence-corrected chi connectivity index (χ2v) is 4.35. The molecule has 1 saturated heterocycles. The molecule has 4 heteroatoms. The van der Waals surface area contributed by atoms with Crippen molar-refractivity contribution in [2.75, 3.05) is 18.4 Å². The van der Waals surface area contributed by atoms with Crippen LogP contribution in [0.2, 0.25) is 0 Å². The summed E-state index contributed by atoms with van der Waals surface area (Å²) in [5.74, 6) is 0.952. The van der Waals surface area contributed by atoms with Gasteiger partial charge < -0.3 is 10.6 Å². The Morgan fingerprint density at radius 2 is 2.43 bits per heavy atom. The van der Waals surface area contributed by atoms with E-state index in [0.29, 0.717) is 6.04 Å². The number of nitrogens with zero attached hydrogens (tertiary/aromatic N) is 1. The van der Waals surface area contributed by atoms with Gasteiger partial charge in [0.2, 0.25) is 0 Å². The largest absolute Gasteiger partial charge is 0.366 e. The van der Waals surface area contributed by atoms with Crippen molar-refractivity contribution < 1.29 is 0 Å². The molecule has 0 bridgehead atoms. The van der Waals surface area contributed by atoms with Crippen LogP contribution in [-0.4, -0.2) is 24.1 Å². The molecule has 0 unspecified atom stereocenters. The summed E-state index contributed by atoms with van der Waals surface area (Å²) in [6, 6.07) is 6.45. The van der Waals surface area contributed by atoms with E-state index >= 15 is 0 Å². The topological polar surface area (TPSA) is 37.0 Å². The SMILES string of the molecule is Brc1cccc(N[C@H]2CCCNC2)n1. The molecule has 14 heavy (non-hydrogen) atoms. The van der Waals surface area contributed by atoms with E-state index in [0.717, 1.165) is 23.5 Å². The summed E-state index contributed by atoms with van der Waals surface area (Å²) < 4.78 is 0.881. The molecule has 1 aromatic heterocycles. The second-order valence-electron chi connectivity index (χ2n) is 3.53. The Morgan fingerprint density at radius 3 is 3.14 bits per heavy atom. The Hall–Kier alpha value is -0.610. The molecule has 2 N–H and O–H groups in total. The minimum Gasteiger partial charge on any atom is -0.366 e. The lowest BCUT2D eigenvalue weighted by atomic mass is 10.1. The van der Waals surface area contributed by atoms with Gasteiger partial charge in [0.1, 0.15) is 10.4 Å². The highest BCUT2D eigenvalue weighted by atomic mass is 79.9. The predicted molar refractivity (Wildman–Crippen MR) is 61.5 cm³/mol. The molecule has 2 rings (SSSR count). The predicted octanol–water partition coefficient (Wildman–Crippen LogP) is 2.01. The number of aromatic nitrogens is 1. The first-order chi connectivity index (χ1) is 6.84. The van der Waals surface area contributed by atoms with Crippen molar-refractivity contribution in [1.82, 2.24) is 10.3 Å². The van der Waals surface area contributed by atoms with Crippen LogP contribution in [0.5, 0.6) is 0 Å². The number of anilines is 1. The average Bonchev–Trinajstić information content (AvgIpc) is 2.19. The Balaban J connectivity index is 1.95. The summed E-state index contributed by atoms with van der Waals surface area (Å²) in [4.78, 5) is 4.35. The van der Waals surface area contributed by atoms with E-state index in [1.807, 2.05) is 18.2 Å². The third-order valence-electron chi connectivity index (χ3n) is 2.36. The molecule has 0 saturated carbocycles. The molecule has 2 heterocycles. The average molecular weight is 256 g/mol. The van der Waals surface area contributed by atoms with Gasteiger partial charge in [0.25, 0.3) is 0 Å². The molecule has 1 aliphatic heterocycles. The summed E-state index contributed by atoms with van der Waals surface area (Å²) in [6.45, 7) is 2.18. The first-order valence-electron chi connectivity index (χ1n) is 4.94. The number of rotatable bonds is 2. The monoisotopic (exact) mass is 255 g/mol. The van der Waals surface area contributed by atoms with Gasteiger partial charge in [-0.05, 0) is 47.4 Å². The number of hydrogen-bond donors (Lipinski definition) is 2. The molecule has 0 amide bonds. The number of halogens is 1. The lowest BCUT2D eigenvalue weighted by Crippen LogP contribution is -2.38. The lowest BCUT2D eigenvalue weighted by Gasteiger charge is -2.24. The van der Waals surface area contributed by atoms with Gasteiger partial charge in [0, 0.05) is 12.6 Å². The minimum atomic E-state index is 0.519. The maximum Gasteiger partial charge on any atom is 0.127 e. The number of hydrogen-bond acceptors (Lipinski definition) is 3. The van der Waals surface area contributed by atoms with Crippen LogP contribution < -0.4 is 10.6 Å². The molecule has 76 valence electrons. The molecule has 1 aliphatic rings. The standard InChI is InChI=1S/C10H14BrN3/c11-9-4-1-5-10(14-9)13-8-3-2-6-12-7-8/h1,4-5,8,12H,2-3,6-7H2,(H,13,14)/t8-/m0/s1. The van der Waals surface area contributed by atoms with E-state index in [2.05, 4.69) is 31.5 Å². The van der Waals surface area contributed by atoms with Crippen LogP contribution >= 0.6 is 15.9 Å². The van der Waals surface area contributed by atoms with Crippen LogP contribution in [0.1, 0.15) is 12.8 Å². The quantitative estimate of drug-likeness (QED) is 0.795. The van der Waals surface area contributed by atoms with Crippen molar-refractivity contribution in [3.63, 3.8) is 0 Å². The van der Waals surface area contributed by atoms with Gasteiger partial charge in [0.15, 0.2) is 0 Å². The summed E-state index contributed by atoms with van der Waals surface area (Å²) >= 11 is 3.36. The van der Waals surface area contributed by atoms with Crippen molar-refractivity contribution in [2.24, 2.45) is 0 Å². The second kappa shape index (κ2) is 4.75. The van der Waals surface area contributed by atoms with E-state index in [4.69, 9.17) is 0 Å². The van der Waals surface area contributed by atoms with E-state index in [-0.39, 0.29) is 0 Å². The third-order valence-corrected chi connectivity index (χ3v) is 2.81. The van der Waals surface area contributed by atoms with Crippen LogP contribution in [0.15, 0.2) is 22.8 Å². The Bertz CT molecular complexity index is 297. The molecule has 0 aromatic carbocycles. The maximum absolute atomic E-state index is 4.35. The molecule has 3 nitrogen and oxygen atoms in total. The van der Waals surface area contributed by atoms with E-state index in [1.165, 1.54) is 12.8 Å². The highest BCUT2D eigenvalue weighted by Crippen LogP contribution is 2.13. The van der Waals surface area contributed by atoms with E-state index < -0.39 is 0 Å².